The lowest BCUT2D eigenvalue weighted by Crippen LogP contribution is -2.34. The molecule has 2 rings (SSSR count). The van der Waals surface area contributed by atoms with E-state index in [1.54, 1.807) is 26.4 Å². The van der Waals surface area contributed by atoms with Gasteiger partial charge >= 0.3 is 0 Å². The van der Waals surface area contributed by atoms with E-state index in [1.165, 1.54) is 0 Å². The Morgan fingerprint density at radius 1 is 1.04 bits per heavy atom. The molecule has 0 aliphatic carbocycles. The summed E-state index contributed by atoms with van der Waals surface area (Å²) in [6.07, 6.45) is 0. The first kappa shape index (κ1) is 20.7. The number of rotatable bonds is 10. The van der Waals surface area contributed by atoms with Crippen molar-refractivity contribution in [2.24, 2.45) is 0 Å². The third kappa shape index (κ3) is 5.98. The minimum atomic E-state index is -0.164. The number of amides is 1. The molecule has 6 heteroatoms. The minimum absolute atomic E-state index is 0.0430. The number of hydrogen-bond donors (Lipinski definition) is 1. The minimum Gasteiger partial charge on any atom is -0.497 e. The van der Waals surface area contributed by atoms with Gasteiger partial charge < -0.3 is 24.4 Å². The summed E-state index contributed by atoms with van der Waals surface area (Å²) < 4.78 is 15.9. The number of ether oxygens (including phenoxy) is 3. The van der Waals surface area contributed by atoms with Crippen LogP contribution in [0.25, 0.3) is 0 Å². The first-order valence-corrected chi connectivity index (χ1v) is 8.86. The second-order valence-corrected chi connectivity index (χ2v) is 6.30. The molecule has 1 N–H and O–H groups in total. The zero-order valence-electron chi connectivity index (χ0n) is 16.4. The predicted octanol–water partition coefficient (Wildman–Crippen LogP) is 2.75. The highest BCUT2D eigenvalue weighted by Crippen LogP contribution is 2.22. The number of hydrogen-bond acceptors (Lipinski definition) is 5. The lowest BCUT2D eigenvalue weighted by Gasteiger charge is -2.25. The highest BCUT2D eigenvalue weighted by atomic mass is 16.5. The van der Waals surface area contributed by atoms with Crippen LogP contribution in [0.1, 0.15) is 22.0 Å². The second-order valence-electron chi connectivity index (χ2n) is 6.30. The molecular weight excluding hydrogens is 344 g/mol. The van der Waals surface area contributed by atoms with Crippen LogP contribution in [0.5, 0.6) is 11.5 Å². The Balaban J connectivity index is 2.05. The number of nitrogens with one attached hydrogen (secondary N) is 1. The summed E-state index contributed by atoms with van der Waals surface area (Å²) in [7, 11) is 7.24. The summed E-state index contributed by atoms with van der Waals surface area (Å²) in [6, 6.07) is 15.1. The molecular formula is C21H28N2O4. The molecule has 6 nitrogen and oxygen atoms in total. The van der Waals surface area contributed by atoms with Crippen molar-refractivity contribution >= 4 is 5.91 Å². The van der Waals surface area contributed by atoms with Crippen LogP contribution in [0, 0.1) is 0 Å². The van der Waals surface area contributed by atoms with Crippen LogP contribution >= 0.6 is 0 Å². The van der Waals surface area contributed by atoms with Gasteiger partial charge in [0.05, 0.1) is 25.3 Å². The number of methoxy groups -OCH3 is 2. The summed E-state index contributed by atoms with van der Waals surface area (Å²) in [5.74, 6) is 1.20. The molecule has 146 valence electrons. The van der Waals surface area contributed by atoms with E-state index in [1.807, 2.05) is 50.5 Å². The van der Waals surface area contributed by atoms with Crippen molar-refractivity contribution in [2.75, 3.05) is 48.1 Å². The van der Waals surface area contributed by atoms with Crippen molar-refractivity contribution in [1.29, 1.82) is 0 Å². The average Bonchev–Trinajstić information content (AvgIpc) is 2.69. The van der Waals surface area contributed by atoms with E-state index in [4.69, 9.17) is 14.2 Å². The maximum absolute atomic E-state index is 12.7. The van der Waals surface area contributed by atoms with E-state index in [0.29, 0.717) is 31.1 Å². The topological polar surface area (TPSA) is 60.0 Å². The Kier molecular flexibility index (Phi) is 8.10. The molecule has 0 heterocycles. The van der Waals surface area contributed by atoms with Gasteiger partial charge in [0.15, 0.2) is 0 Å². The highest BCUT2D eigenvalue weighted by Gasteiger charge is 2.18. The van der Waals surface area contributed by atoms with Crippen LogP contribution in [-0.2, 0) is 4.74 Å². The Bertz CT molecular complexity index is 716. The van der Waals surface area contributed by atoms with Gasteiger partial charge in [-0.1, -0.05) is 24.3 Å². The molecule has 0 bridgehead atoms. The first-order valence-electron chi connectivity index (χ1n) is 8.86. The van der Waals surface area contributed by atoms with Gasteiger partial charge in [-0.05, 0) is 43.9 Å². The fourth-order valence-corrected chi connectivity index (χ4v) is 2.72. The van der Waals surface area contributed by atoms with E-state index in [0.717, 1.165) is 11.3 Å². The molecule has 1 unspecified atom stereocenters. The van der Waals surface area contributed by atoms with E-state index in [9.17, 15) is 4.79 Å². The maximum Gasteiger partial charge on any atom is 0.255 e. The largest absolute Gasteiger partial charge is 0.497 e. The summed E-state index contributed by atoms with van der Waals surface area (Å²) in [6.45, 7) is 1.34. The van der Waals surface area contributed by atoms with Crippen LogP contribution in [0.2, 0.25) is 0 Å². The van der Waals surface area contributed by atoms with Crippen LogP contribution < -0.4 is 14.8 Å². The molecule has 0 aliphatic heterocycles. The van der Waals surface area contributed by atoms with Gasteiger partial charge in [-0.25, -0.2) is 0 Å². The number of para-hydroxylation sites is 1. The molecule has 2 aromatic rings. The summed E-state index contributed by atoms with van der Waals surface area (Å²) >= 11 is 0. The third-order valence-corrected chi connectivity index (χ3v) is 4.26. The zero-order valence-corrected chi connectivity index (χ0v) is 16.4. The molecule has 0 radical (unpaired) electrons. The van der Waals surface area contributed by atoms with Gasteiger partial charge in [-0.15, -0.1) is 0 Å². The molecule has 0 fully saturated rings. The van der Waals surface area contributed by atoms with Gasteiger partial charge in [-0.3, -0.25) is 4.79 Å². The Labute approximate surface area is 161 Å². The first-order chi connectivity index (χ1) is 13.1. The molecule has 27 heavy (non-hydrogen) atoms. The third-order valence-electron chi connectivity index (χ3n) is 4.26. The van der Waals surface area contributed by atoms with Crippen molar-refractivity contribution < 1.29 is 19.0 Å². The van der Waals surface area contributed by atoms with Crippen LogP contribution in [-0.4, -0.2) is 58.9 Å². The number of benzene rings is 2. The number of carbonyl (C=O) groups excluding carboxylic acids is 1. The summed E-state index contributed by atoms with van der Waals surface area (Å²) in [4.78, 5) is 14.8. The summed E-state index contributed by atoms with van der Waals surface area (Å²) in [5.41, 5.74) is 1.62. The molecule has 0 aromatic heterocycles. The van der Waals surface area contributed by atoms with Gasteiger partial charge in [0.1, 0.15) is 18.1 Å². The Morgan fingerprint density at radius 3 is 2.37 bits per heavy atom. The maximum atomic E-state index is 12.7. The molecule has 0 saturated heterocycles. The molecule has 1 amide bonds. The van der Waals surface area contributed by atoms with Crippen molar-refractivity contribution in [3.8, 4) is 11.5 Å². The average molecular weight is 372 g/mol. The van der Waals surface area contributed by atoms with E-state index in [2.05, 4.69) is 10.2 Å². The monoisotopic (exact) mass is 372 g/mol. The molecule has 1 atom stereocenters. The number of likely N-dealkylation sites (N-methyl/N-ethyl adjacent to an activating group) is 1. The normalized spacial score (nSPS) is 11.9. The molecule has 2 aromatic carbocycles. The lowest BCUT2D eigenvalue weighted by molar-refractivity contribution is 0.0934. The Hall–Kier alpha value is -2.57. The quantitative estimate of drug-likeness (QED) is 0.650. The van der Waals surface area contributed by atoms with Crippen LogP contribution in [0.4, 0.5) is 0 Å². The number of carbonyl (C=O) groups is 1. The van der Waals surface area contributed by atoms with Crippen LogP contribution in [0.15, 0.2) is 48.5 Å². The predicted molar refractivity (Wildman–Crippen MR) is 106 cm³/mol. The van der Waals surface area contributed by atoms with Crippen molar-refractivity contribution in [3.05, 3.63) is 59.7 Å². The Morgan fingerprint density at radius 2 is 1.74 bits per heavy atom. The van der Waals surface area contributed by atoms with E-state index in [-0.39, 0.29) is 11.9 Å². The van der Waals surface area contributed by atoms with Gasteiger partial charge in [-0.2, -0.15) is 0 Å². The van der Waals surface area contributed by atoms with Crippen molar-refractivity contribution in [2.45, 2.75) is 6.04 Å². The zero-order chi connectivity index (χ0) is 19.6. The standard InChI is InChI=1S/C21H28N2O4/c1-23(2)19(16-9-11-17(26-4)12-10-16)15-22-21(24)18-7-5-6-8-20(18)27-14-13-25-3/h5-12,19H,13-15H2,1-4H3,(H,22,24). The lowest BCUT2D eigenvalue weighted by atomic mass is 10.1. The second kappa shape index (κ2) is 10.5. The molecule has 0 aliphatic rings. The van der Waals surface area contributed by atoms with Crippen LogP contribution in [0.3, 0.4) is 0 Å². The fraction of sp³-hybridized carbons (Fsp3) is 0.381. The van der Waals surface area contributed by atoms with E-state index >= 15 is 0 Å². The van der Waals surface area contributed by atoms with Gasteiger partial charge in [0.25, 0.3) is 5.91 Å². The molecule has 0 saturated carbocycles. The fourth-order valence-electron chi connectivity index (χ4n) is 2.72. The summed E-state index contributed by atoms with van der Waals surface area (Å²) in [5, 5.41) is 3.02. The SMILES string of the molecule is COCCOc1ccccc1C(=O)NCC(c1ccc(OC)cc1)N(C)C. The van der Waals surface area contributed by atoms with Crippen molar-refractivity contribution in [1.82, 2.24) is 10.2 Å². The van der Waals surface area contributed by atoms with E-state index < -0.39 is 0 Å². The smallest absolute Gasteiger partial charge is 0.255 e. The number of nitrogens with zero attached hydrogens (tertiary/aromatic N) is 1. The van der Waals surface area contributed by atoms with Gasteiger partial charge in [0, 0.05) is 13.7 Å². The highest BCUT2D eigenvalue weighted by molar-refractivity contribution is 5.96. The van der Waals surface area contributed by atoms with Crippen molar-refractivity contribution in [3.63, 3.8) is 0 Å². The molecule has 0 spiro atoms. The van der Waals surface area contributed by atoms with Gasteiger partial charge in [0.2, 0.25) is 0 Å².